The van der Waals surface area contributed by atoms with Gasteiger partial charge in [0.25, 0.3) is 12.3 Å². The highest BCUT2D eigenvalue weighted by Gasteiger charge is 2.32. The van der Waals surface area contributed by atoms with E-state index in [1.54, 1.807) is 0 Å². The smallest absolute Gasteiger partial charge is 0.345 e. The summed E-state index contributed by atoms with van der Waals surface area (Å²) in [5.74, 6) is -0.717. The molecule has 2 heterocycles. The number of carbonyl (C=O) groups is 1. The molecule has 0 radical (unpaired) electrons. The van der Waals surface area contributed by atoms with Crippen LogP contribution in [0.2, 0.25) is 0 Å². The number of aromatic nitrogens is 3. The van der Waals surface area contributed by atoms with E-state index < -0.39 is 29.8 Å². The summed E-state index contributed by atoms with van der Waals surface area (Å²) in [5, 5.41) is 6.94. The lowest BCUT2D eigenvalue weighted by Gasteiger charge is -2.16. The van der Waals surface area contributed by atoms with Gasteiger partial charge in [-0.3, -0.25) is 4.79 Å². The highest BCUT2D eigenvalue weighted by Crippen LogP contribution is 2.36. The predicted molar refractivity (Wildman–Crippen MR) is 118 cm³/mol. The van der Waals surface area contributed by atoms with E-state index in [1.807, 2.05) is 24.3 Å². The van der Waals surface area contributed by atoms with E-state index in [2.05, 4.69) is 15.4 Å². The SMILES string of the molecule is Cc1nn2c(C(F)F)c(C(=O)NC3CCc4ccccc43)cnc2c1-c1cccc(C(F)(F)F)c1. The van der Waals surface area contributed by atoms with Crippen molar-refractivity contribution in [1.82, 2.24) is 19.9 Å². The van der Waals surface area contributed by atoms with Gasteiger partial charge in [0.2, 0.25) is 0 Å². The summed E-state index contributed by atoms with van der Waals surface area (Å²) in [7, 11) is 0. The van der Waals surface area contributed by atoms with Crippen molar-refractivity contribution in [3.8, 4) is 11.1 Å². The molecule has 10 heteroatoms. The van der Waals surface area contributed by atoms with E-state index in [0.717, 1.165) is 40.4 Å². The van der Waals surface area contributed by atoms with Crippen molar-refractivity contribution in [3.63, 3.8) is 0 Å². The van der Waals surface area contributed by atoms with Gasteiger partial charge in [-0.25, -0.2) is 18.3 Å². The molecule has 0 spiro atoms. The number of hydrogen-bond donors (Lipinski definition) is 1. The van der Waals surface area contributed by atoms with Crippen molar-refractivity contribution in [2.75, 3.05) is 0 Å². The standard InChI is InChI=1S/C25H19F5N4O/c1-13-20(15-6-4-7-16(11-15)25(28,29)30)23-31-12-18(21(22(26)27)34(23)33-13)24(35)32-19-10-9-14-5-2-3-8-17(14)19/h2-8,11-12,19,22H,9-10H2,1H3,(H,32,35). The molecule has 1 aliphatic rings. The molecule has 0 bridgehead atoms. The number of hydrogen-bond acceptors (Lipinski definition) is 3. The summed E-state index contributed by atoms with van der Waals surface area (Å²) < 4.78 is 68.9. The van der Waals surface area contributed by atoms with Gasteiger partial charge in [0.15, 0.2) is 5.65 Å². The number of carbonyl (C=O) groups excluding carboxylic acids is 1. The Hall–Kier alpha value is -3.82. The number of benzene rings is 2. The molecule has 0 aliphatic heterocycles. The van der Waals surface area contributed by atoms with Gasteiger partial charge < -0.3 is 5.32 Å². The number of amides is 1. The van der Waals surface area contributed by atoms with E-state index >= 15 is 0 Å². The fraction of sp³-hybridized carbons (Fsp3) is 0.240. The van der Waals surface area contributed by atoms with Gasteiger partial charge in [0.1, 0.15) is 5.69 Å². The average molecular weight is 486 g/mol. The van der Waals surface area contributed by atoms with Crippen molar-refractivity contribution in [2.45, 2.75) is 38.4 Å². The van der Waals surface area contributed by atoms with Crippen LogP contribution in [0.3, 0.4) is 0 Å². The van der Waals surface area contributed by atoms with Crippen LogP contribution in [0, 0.1) is 6.92 Å². The lowest BCUT2D eigenvalue weighted by Crippen LogP contribution is -2.29. The number of halogens is 5. The van der Waals surface area contributed by atoms with Crippen molar-refractivity contribution in [1.29, 1.82) is 0 Å². The zero-order valence-electron chi connectivity index (χ0n) is 18.4. The van der Waals surface area contributed by atoms with Gasteiger partial charge >= 0.3 is 6.18 Å². The van der Waals surface area contributed by atoms with Gasteiger partial charge in [-0.2, -0.15) is 18.3 Å². The fourth-order valence-corrected chi connectivity index (χ4v) is 4.63. The third-order valence-electron chi connectivity index (χ3n) is 6.22. The minimum Gasteiger partial charge on any atom is -0.345 e. The number of rotatable bonds is 4. The Morgan fingerprint density at radius 1 is 1.14 bits per heavy atom. The number of fused-ring (bicyclic) bond motifs is 2. The summed E-state index contributed by atoms with van der Waals surface area (Å²) in [4.78, 5) is 17.2. The maximum absolute atomic E-state index is 14.2. The van der Waals surface area contributed by atoms with E-state index in [0.29, 0.717) is 6.42 Å². The first-order chi connectivity index (χ1) is 16.6. The summed E-state index contributed by atoms with van der Waals surface area (Å²) in [6.45, 7) is 1.49. The van der Waals surface area contributed by atoms with Crippen LogP contribution in [0.15, 0.2) is 54.7 Å². The molecular weight excluding hydrogens is 467 g/mol. The Bertz CT molecular complexity index is 1440. The van der Waals surface area contributed by atoms with Crippen molar-refractivity contribution in [2.24, 2.45) is 0 Å². The first-order valence-electron chi connectivity index (χ1n) is 10.9. The largest absolute Gasteiger partial charge is 0.416 e. The van der Waals surface area contributed by atoms with Crippen LogP contribution in [-0.2, 0) is 12.6 Å². The van der Waals surface area contributed by atoms with Crippen LogP contribution < -0.4 is 5.32 Å². The minimum atomic E-state index is -4.57. The molecular formula is C25H19F5N4O. The van der Waals surface area contributed by atoms with Gasteiger partial charge in [-0.1, -0.05) is 36.4 Å². The Labute approximate surface area is 196 Å². The molecule has 1 amide bonds. The van der Waals surface area contributed by atoms with Crippen molar-refractivity contribution in [3.05, 3.63) is 88.4 Å². The second-order valence-corrected chi connectivity index (χ2v) is 8.40. The summed E-state index contributed by atoms with van der Waals surface area (Å²) in [6.07, 6.45) is -5.21. The quantitative estimate of drug-likeness (QED) is 0.356. The summed E-state index contributed by atoms with van der Waals surface area (Å²) in [6, 6.07) is 11.8. The molecule has 5 nitrogen and oxygen atoms in total. The maximum atomic E-state index is 14.2. The molecule has 180 valence electrons. The Kier molecular flexibility index (Phi) is 5.53. The molecule has 1 atom stereocenters. The van der Waals surface area contributed by atoms with Crippen LogP contribution in [0.4, 0.5) is 22.0 Å². The third kappa shape index (κ3) is 4.02. The molecule has 2 aromatic carbocycles. The molecule has 1 unspecified atom stereocenters. The lowest BCUT2D eigenvalue weighted by atomic mass is 10.0. The topological polar surface area (TPSA) is 59.3 Å². The van der Waals surface area contributed by atoms with Crippen LogP contribution >= 0.6 is 0 Å². The van der Waals surface area contributed by atoms with Crippen molar-refractivity contribution < 1.29 is 26.7 Å². The van der Waals surface area contributed by atoms with Crippen LogP contribution in [0.1, 0.15) is 57.3 Å². The van der Waals surface area contributed by atoms with Crippen LogP contribution in [0.25, 0.3) is 16.8 Å². The lowest BCUT2D eigenvalue weighted by molar-refractivity contribution is -0.137. The van der Waals surface area contributed by atoms with Gasteiger partial charge in [0, 0.05) is 11.8 Å². The van der Waals surface area contributed by atoms with Crippen molar-refractivity contribution >= 4 is 11.6 Å². The molecule has 0 saturated heterocycles. The second-order valence-electron chi connectivity index (χ2n) is 8.40. The highest BCUT2D eigenvalue weighted by molar-refractivity contribution is 5.96. The monoisotopic (exact) mass is 486 g/mol. The van der Waals surface area contributed by atoms with E-state index in [1.165, 1.54) is 19.1 Å². The average Bonchev–Trinajstić information content (AvgIpc) is 3.37. The molecule has 1 N–H and O–H groups in total. The Balaban J connectivity index is 1.57. The molecule has 0 fully saturated rings. The van der Waals surface area contributed by atoms with E-state index in [9.17, 15) is 26.7 Å². The number of aryl methyl sites for hydroxylation is 2. The molecule has 1 aliphatic carbocycles. The number of alkyl halides is 5. The maximum Gasteiger partial charge on any atom is 0.416 e. The van der Waals surface area contributed by atoms with Crippen LogP contribution in [-0.4, -0.2) is 20.5 Å². The fourth-order valence-electron chi connectivity index (χ4n) is 4.63. The predicted octanol–water partition coefficient (Wildman–Crippen LogP) is 6.08. The normalized spacial score (nSPS) is 15.6. The van der Waals surface area contributed by atoms with Crippen LogP contribution in [0.5, 0.6) is 0 Å². The zero-order valence-corrected chi connectivity index (χ0v) is 18.4. The van der Waals surface area contributed by atoms with E-state index in [4.69, 9.17) is 0 Å². The minimum absolute atomic E-state index is 0.0557. The molecule has 5 rings (SSSR count). The first-order valence-corrected chi connectivity index (χ1v) is 10.9. The Morgan fingerprint density at radius 2 is 1.91 bits per heavy atom. The molecule has 2 aromatic heterocycles. The molecule has 0 saturated carbocycles. The number of nitrogens with zero attached hydrogens (tertiary/aromatic N) is 3. The van der Waals surface area contributed by atoms with E-state index in [-0.39, 0.29) is 34.1 Å². The Morgan fingerprint density at radius 3 is 2.66 bits per heavy atom. The highest BCUT2D eigenvalue weighted by atomic mass is 19.4. The first kappa shape index (κ1) is 22.9. The summed E-state index contributed by atoms with van der Waals surface area (Å²) in [5.41, 5.74) is 0.630. The second kappa shape index (κ2) is 8.44. The summed E-state index contributed by atoms with van der Waals surface area (Å²) >= 11 is 0. The molecule has 35 heavy (non-hydrogen) atoms. The van der Waals surface area contributed by atoms with Gasteiger partial charge in [-0.15, -0.1) is 0 Å². The molecule has 4 aromatic rings. The third-order valence-corrected chi connectivity index (χ3v) is 6.22. The van der Waals surface area contributed by atoms with Gasteiger partial charge in [-0.05, 0) is 48.6 Å². The zero-order chi connectivity index (χ0) is 24.9. The van der Waals surface area contributed by atoms with Gasteiger partial charge in [0.05, 0.1) is 22.9 Å². The number of nitrogens with one attached hydrogen (secondary N) is 1.